The first-order valence-corrected chi connectivity index (χ1v) is 7.78. The second-order valence-corrected chi connectivity index (χ2v) is 5.29. The highest BCUT2D eigenvalue weighted by molar-refractivity contribution is 14.0. The van der Waals surface area contributed by atoms with Crippen LogP contribution in [0, 0.1) is 0 Å². The number of alkyl halides is 3. The van der Waals surface area contributed by atoms with Gasteiger partial charge in [-0.05, 0) is 32.1 Å². The highest BCUT2D eigenvalue weighted by Gasteiger charge is 2.28. The van der Waals surface area contributed by atoms with Gasteiger partial charge in [0.05, 0.1) is 13.1 Å². The molecular formula is C16H26F3IN4O. The number of hydrogen-bond acceptors (Lipinski definition) is 3. The Balaban J connectivity index is 0.00000576. The number of halogens is 4. The second-order valence-electron chi connectivity index (χ2n) is 5.29. The molecule has 1 rings (SSSR count). The third-order valence-electron chi connectivity index (χ3n) is 3.09. The van der Waals surface area contributed by atoms with E-state index < -0.39 is 12.7 Å². The van der Waals surface area contributed by atoms with E-state index in [9.17, 15) is 13.2 Å². The Morgan fingerprint density at radius 1 is 1.16 bits per heavy atom. The molecule has 1 aromatic carbocycles. The van der Waals surface area contributed by atoms with Crippen LogP contribution < -0.4 is 15.4 Å². The predicted octanol–water partition coefficient (Wildman–Crippen LogP) is 2.73. The van der Waals surface area contributed by atoms with Gasteiger partial charge >= 0.3 is 6.18 Å². The topological polar surface area (TPSA) is 48.9 Å². The number of benzene rings is 1. The fraction of sp³-hybridized carbons (Fsp3) is 0.562. The zero-order valence-electron chi connectivity index (χ0n) is 14.5. The lowest BCUT2D eigenvalue weighted by atomic mass is 10.3. The van der Waals surface area contributed by atoms with Crippen LogP contribution in [-0.2, 0) is 0 Å². The van der Waals surface area contributed by atoms with Gasteiger partial charge in [-0.2, -0.15) is 13.2 Å². The van der Waals surface area contributed by atoms with Gasteiger partial charge in [0.25, 0.3) is 0 Å². The van der Waals surface area contributed by atoms with E-state index in [1.807, 2.05) is 30.3 Å². The third kappa shape index (κ3) is 12.7. The number of nitrogens with one attached hydrogen (secondary N) is 2. The van der Waals surface area contributed by atoms with Gasteiger partial charge in [-0.3, -0.25) is 9.89 Å². The van der Waals surface area contributed by atoms with Crippen LogP contribution in [0.1, 0.15) is 6.42 Å². The largest absolute Gasteiger partial charge is 0.492 e. The fourth-order valence-electron chi connectivity index (χ4n) is 2.02. The van der Waals surface area contributed by atoms with Gasteiger partial charge in [-0.15, -0.1) is 24.0 Å². The molecule has 0 bridgehead atoms. The Kier molecular flexibility index (Phi) is 12.4. The summed E-state index contributed by atoms with van der Waals surface area (Å²) in [5, 5.41) is 6.15. The first kappa shape index (κ1) is 23.8. The minimum atomic E-state index is -4.15. The average molecular weight is 474 g/mol. The molecule has 0 aromatic heterocycles. The fourth-order valence-corrected chi connectivity index (χ4v) is 2.02. The molecule has 25 heavy (non-hydrogen) atoms. The summed E-state index contributed by atoms with van der Waals surface area (Å²) in [6.45, 7) is 1.07. The number of rotatable bonds is 9. The standard InChI is InChI=1S/C16H25F3N4O.HI/c1-20-15(21-9-6-11-23(2)13-16(17,18)19)22-10-12-24-14-7-4-3-5-8-14;/h3-5,7-8H,6,9-13H2,1-2H3,(H2,20,21,22);1H. The molecule has 0 radical (unpaired) electrons. The average Bonchev–Trinajstić information content (AvgIpc) is 2.52. The van der Waals surface area contributed by atoms with E-state index in [1.54, 1.807) is 7.05 Å². The highest BCUT2D eigenvalue weighted by Crippen LogP contribution is 2.15. The molecule has 0 saturated heterocycles. The zero-order valence-corrected chi connectivity index (χ0v) is 16.8. The van der Waals surface area contributed by atoms with Gasteiger partial charge in [0.1, 0.15) is 12.4 Å². The Morgan fingerprint density at radius 3 is 2.40 bits per heavy atom. The molecule has 2 N–H and O–H groups in total. The Labute approximate surface area is 164 Å². The molecule has 0 atom stereocenters. The van der Waals surface area contributed by atoms with Crippen LogP contribution in [-0.4, -0.2) is 63.9 Å². The van der Waals surface area contributed by atoms with Crippen LogP contribution in [0.3, 0.4) is 0 Å². The van der Waals surface area contributed by atoms with Crippen molar-refractivity contribution in [3.05, 3.63) is 30.3 Å². The molecule has 0 aliphatic carbocycles. The van der Waals surface area contributed by atoms with Crippen LogP contribution in [0.5, 0.6) is 5.75 Å². The van der Waals surface area contributed by atoms with Crippen molar-refractivity contribution in [2.45, 2.75) is 12.6 Å². The summed E-state index contributed by atoms with van der Waals surface area (Å²) in [7, 11) is 3.10. The zero-order chi connectivity index (χ0) is 17.8. The van der Waals surface area contributed by atoms with E-state index in [2.05, 4.69) is 15.6 Å². The maximum Gasteiger partial charge on any atom is 0.401 e. The van der Waals surface area contributed by atoms with Crippen molar-refractivity contribution in [3.63, 3.8) is 0 Å². The molecule has 1 aromatic rings. The number of aliphatic imine (C=N–C) groups is 1. The van der Waals surface area contributed by atoms with Crippen molar-refractivity contribution in [2.24, 2.45) is 4.99 Å². The first-order valence-electron chi connectivity index (χ1n) is 7.78. The number of guanidine groups is 1. The van der Waals surface area contributed by atoms with Gasteiger partial charge in [0, 0.05) is 13.6 Å². The third-order valence-corrected chi connectivity index (χ3v) is 3.09. The second kappa shape index (κ2) is 13.0. The van der Waals surface area contributed by atoms with Crippen molar-refractivity contribution >= 4 is 29.9 Å². The van der Waals surface area contributed by atoms with Crippen molar-refractivity contribution in [1.82, 2.24) is 15.5 Å². The molecule has 144 valence electrons. The molecule has 0 unspecified atom stereocenters. The Morgan fingerprint density at radius 2 is 1.80 bits per heavy atom. The monoisotopic (exact) mass is 474 g/mol. The lowest BCUT2D eigenvalue weighted by molar-refractivity contribution is -0.143. The quantitative estimate of drug-likeness (QED) is 0.250. The van der Waals surface area contributed by atoms with Gasteiger partial charge in [0.15, 0.2) is 5.96 Å². The van der Waals surface area contributed by atoms with E-state index in [1.165, 1.54) is 11.9 Å². The van der Waals surface area contributed by atoms with Gasteiger partial charge in [-0.1, -0.05) is 18.2 Å². The van der Waals surface area contributed by atoms with Crippen molar-refractivity contribution < 1.29 is 17.9 Å². The van der Waals surface area contributed by atoms with Crippen molar-refractivity contribution in [2.75, 3.05) is 46.9 Å². The van der Waals surface area contributed by atoms with Crippen molar-refractivity contribution in [1.29, 1.82) is 0 Å². The molecular weight excluding hydrogens is 448 g/mol. The molecule has 0 aliphatic heterocycles. The summed E-state index contributed by atoms with van der Waals surface area (Å²) in [5.41, 5.74) is 0. The molecule has 0 aliphatic rings. The van der Waals surface area contributed by atoms with Gasteiger partial charge in [0.2, 0.25) is 0 Å². The molecule has 0 amide bonds. The van der Waals surface area contributed by atoms with Crippen LogP contribution >= 0.6 is 24.0 Å². The number of nitrogens with zero attached hydrogens (tertiary/aromatic N) is 2. The normalized spacial score (nSPS) is 11.8. The number of ether oxygens (including phenoxy) is 1. The minimum Gasteiger partial charge on any atom is -0.492 e. The van der Waals surface area contributed by atoms with E-state index in [-0.39, 0.29) is 24.0 Å². The van der Waals surface area contributed by atoms with Crippen LogP contribution in [0.4, 0.5) is 13.2 Å². The Hall–Kier alpha value is -1.23. The van der Waals surface area contributed by atoms with E-state index in [4.69, 9.17) is 4.74 Å². The van der Waals surface area contributed by atoms with E-state index in [0.717, 1.165) is 5.75 Å². The summed E-state index contributed by atoms with van der Waals surface area (Å²) >= 11 is 0. The van der Waals surface area contributed by atoms with E-state index in [0.29, 0.717) is 38.6 Å². The van der Waals surface area contributed by atoms with Gasteiger partial charge in [-0.25, -0.2) is 0 Å². The lowest BCUT2D eigenvalue weighted by Crippen LogP contribution is -2.40. The SMILES string of the molecule is CN=C(NCCCN(C)CC(F)(F)F)NCCOc1ccccc1.I. The summed E-state index contributed by atoms with van der Waals surface area (Å²) in [5.74, 6) is 1.40. The number of hydrogen-bond donors (Lipinski definition) is 2. The first-order chi connectivity index (χ1) is 11.4. The molecule has 9 heteroatoms. The smallest absolute Gasteiger partial charge is 0.401 e. The highest BCUT2D eigenvalue weighted by atomic mass is 127. The van der Waals surface area contributed by atoms with Crippen LogP contribution in [0.2, 0.25) is 0 Å². The van der Waals surface area contributed by atoms with Crippen LogP contribution in [0.15, 0.2) is 35.3 Å². The molecule has 0 spiro atoms. The summed E-state index contributed by atoms with van der Waals surface area (Å²) in [6, 6.07) is 9.48. The molecule has 0 heterocycles. The van der Waals surface area contributed by atoms with Crippen molar-refractivity contribution in [3.8, 4) is 5.75 Å². The predicted molar refractivity (Wildman–Crippen MR) is 105 cm³/mol. The van der Waals surface area contributed by atoms with E-state index >= 15 is 0 Å². The maximum absolute atomic E-state index is 12.2. The minimum absolute atomic E-state index is 0. The molecule has 0 fully saturated rings. The Bertz CT molecular complexity index is 486. The van der Waals surface area contributed by atoms with Gasteiger partial charge < -0.3 is 15.4 Å². The molecule has 0 saturated carbocycles. The lowest BCUT2D eigenvalue weighted by Gasteiger charge is -2.19. The number of para-hydroxylation sites is 1. The summed E-state index contributed by atoms with van der Waals surface area (Å²) in [4.78, 5) is 5.31. The summed E-state index contributed by atoms with van der Waals surface area (Å²) in [6.07, 6.45) is -3.56. The maximum atomic E-state index is 12.2. The summed E-state index contributed by atoms with van der Waals surface area (Å²) < 4.78 is 42.1. The molecule has 5 nitrogen and oxygen atoms in total. The van der Waals surface area contributed by atoms with Crippen LogP contribution in [0.25, 0.3) is 0 Å².